The summed E-state index contributed by atoms with van der Waals surface area (Å²) in [7, 11) is 0.170. The topological polar surface area (TPSA) is 102 Å². The van der Waals surface area contributed by atoms with Crippen LogP contribution in [0.4, 0.5) is 0 Å². The number of Topliss-reactive ketones (excluding diaryl/α,β-unsaturated/α-hetero) is 1. The van der Waals surface area contributed by atoms with Crippen LogP contribution in [0.3, 0.4) is 0 Å². The van der Waals surface area contributed by atoms with Crippen molar-refractivity contribution in [2.24, 2.45) is 5.92 Å². The van der Waals surface area contributed by atoms with Gasteiger partial charge in [0.05, 0.1) is 14.2 Å². The normalized spacial score (nSPS) is 29.4. The number of likely N-dealkylation sites (N-methyl/N-ethyl adjacent to an activating group) is 1. The second kappa shape index (κ2) is 6.47. The molecule has 0 aromatic heterocycles. The van der Waals surface area contributed by atoms with E-state index in [-0.39, 0.29) is 35.7 Å². The first kappa shape index (κ1) is 19.2. The highest BCUT2D eigenvalue weighted by atomic mass is 32.3. The summed E-state index contributed by atoms with van der Waals surface area (Å²) in [5.74, 6) is 0.329. The molecule has 3 atom stereocenters. The van der Waals surface area contributed by atoms with Crippen LogP contribution in [0, 0.1) is 5.92 Å². The molecular weight excluding hydrogens is 386 g/mol. The van der Waals surface area contributed by atoms with Crippen molar-refractivity contribution < 1.29 is 31.4 Å². The fourth-order valence-corrected chi connectivity index (χ4v) is 5.57. The number of nitrogens with zero attached hydrogens (tertiary/aromatic N) is 1. The Labute approximate surface area is 164 Å². The third kappa shape index (κ3) is 2.80. The monoisotopic (exact) mass is 409 g/mol. The molecule has 1 aromatic rings. The highest BCUT2D eigenvalue weighted by Crippen LogP contribution is 2.58. The number of allylic oxidation sites excluding steroid dienone is 1. The second-order valence-corrected chi connectivity index (χ2v) is 8.68. The Morgan fingerprint density at radius 2 is 2.00 bits per heavy atom. The smallest absolute Gasteiger partial charge is 0.446 e. The summed E-state index contributed by atoms with van der Waals surface area (Å²) < 4.78 is 48.1. The molecule has 4 rings (SSSR count). The Morgan fingerprint density at radius 1 is 1.25 bits per heavy atom. The number of carbonyl (C=O) groups is 1. The van der Waals surface area contributed by atoms with Crippen LogP contribution >= 0.6 is 0 Å². The zero-order chi connectivity index (χ0) is 20.3. The van der Waals surface area contributed by atoms with Gasteiger partial charge in [-0.15, -0.1) is 0 Å². The maximum atomic E-state index is 12.8. The van der Waals surface area contributed by atoms with E-state index in [1.54, 1.807) is 6.07 Å². The summed E-state index contributed by atoms with van der Waals surface area (Å²) in [4.78, 5) is 15.0. The van der Waals surface area contributed by atoms with Crippen LogP contribution in [-0.2, 0) is 31.8 Å². The molecule has 1 aliphatic heterocycles. The third-order valence-corrected chi connectivity index (χ3v) is 6.75. The van der Waals surface area contributed by atoms with Crippen molar-refractivity contribution in [1.29, 1.82) is 0 Å². The fraction of sp³-hybridized carbons (Fsp3) is 0.526. The molecule has 2 bridgehead atoms. The molecule has 152 valence electrons. The number of carbonyl (C=O) groups excluding carboxylic acids is 1. The number of ketones is 1. The molecule has 0 unspecified atom stereocenters. The molecule has 1 saturated heterocycles. The first-order valence-corrected chi connectivity index (χ1v) is 10.4. The van der Waals surface area contributed by atoms with Crippen LogP contribution in [-0.4, -0.2) is 57.5 Å². The predicted molar refractivity (Wildman–Crippen MR) is 99.8 cm³/mol. The molecule has 9 heteroatoms. The number of piperidine rings is 1. The minimum absolute atomic E-state index is 0.0300. The van der Waals surface area contributed by atoms with Crippen molar-refractivity contribution in [2.45, 2.75) is 30.7 Å². The van der Waals surface area contributed by atoms with Crippen molar-refractivity contribution in [1.82, 2.24) is 4.90 Å². The van der Waals surface area contributed by atoms with E-state index in [4.69, 9.17) is 13.7 Å². The lowest BCUT2D eigenvalue weighted by Gasteiger charge is -2.56. The van der Waals surface area contributed by atoms with E-state index in [0.29, 0.717) is 24.2 Å². The highest BCUT2D eigenvalue weighted by molar-refractivity contribution is 7.81. The van der Waals surface area contributed by atoms with Gasteiger partial charge in [0.15, 0.2) is 23.0 Å². The van der Waals surface area contributed by atoms with Gasteiger partial charge in [-0.3, -0.25) is 9.35 Å². The van der Waals surface area contributed by atoms with Gasteiger partial charge in [0.25, 0.3) is 0 Å². The summed E-state index contributed by atoms with van der Waals surface area (Å²) in [6.07, 6.45) is 3.35. The van der Waals surface area contributed by atoms with E-state index in [9.17, 15) is 17.8 Å². The minimum atomic E-state index is -4.77. The summed E-state index contributed by atoms with van der Waals surface area (Å²) >= 11 is 0. The molecule has 28 heavy (non-hydrogen) atoms. The molecule has 0 amide bonds. The Kier molecular flexibility index (Phi) is 4.44. The van der Waals surface area contributed by atoms with Crippen LogP contribution < -0.4 is 8.92 Å². The van der Waals surface area contributed by atoms with Crippen molar-refractivity contribution in [2.75, 3.05) is 27.8 Å². The number of hydrogen-bond donors (Lipinski definition) is 1. The Balaban J connectivity index is 2.00. The van der Waals surface area contributed by atoms with E-state index in [0.717, 1.165) is 12.1 Å². The standard InChI is InChI=1S/C19H23NO7S/c1-20-7-6-19-10-14(21)16(26-3)9-12(19)13(20)8-11-4-5-15(25-2)18(17(11)19)27-28(22,23)24/h4-5,9,12-13H,6-8,10H2,1-3H3,(H,22,23,24)/t12-,13+,19-/m1/s1. The zero-order valence-electron chi connectivity index (χ0n) is 16.0. The lowest BCUT2D eigenvalue weighted by Crippen LogP contribution is -2.60. The number of fused-ring (bicyclic) bond motifs is 1. The van der Waals surface area contributed by atoms with Crippen LogP contribution in [0.2, 0.25) is 0 Å². The van der Waals surface area contributed by atoms with Gasteiger partial charge in [0, 0.05) is 29.4 Å². The molecule has 3 aliphatic rings. The summed E-state index contributed by atoms with van der Waals surface area (Å²) in [6, 6.07) is 3.66. The van der Waals surface area contributed by atoms with E-state index < -0.39 is 15.8 Å². The molecule has 1 fully saturated rings. The molecule has 1 N–H and O–H groups in total. The summed E-state index contributed by atoms with van der Waals surface area (Å²) in [5, 5.41) is 0. The van der Waals surface area contributed by atoms with Gasteiger partial charge in [-0.25, -0.2) is 0 Å². The fourth-order valence-electron chi connectivity index (χ4n) is 5.20. The lowest BCUT2D eigenvalue weighted by molar-refractivity contribution is -0.122. The summed E-state index contributed by atoms with van der Waals surface area (Å²) in [5.41, 5.74) is 0.895. The maximum Gasteiger partial charge on any atom is 0.446 e. The number of hydrogen-bond acceptors (Lipinski definition) is 7. The predicted octanol–water partition coefficient (Wildman–Crippen LogP) is 1.49. The Hall–Kier alpha value is -2.10. The Morgan fingerprint density at radius 3 is 2.64 bits per heavy atom. The van der Waals surface area contributed by atoms with E-state index in [1.807, 2.05) is 12.1 Å². The van der Waals surface area contributed by atoms with Gasteiger partial charge in [-0.1, -0.05) is 6.07 Å². The number of methoxy groups -OCH3 is 2. The number of ether oxygens (including phenoxy) is 2. The molecule has 0 radical (unpaired) electrons. The van der Waals surface area contributed by atoms with Gasteiger partial charge in [0.1, 0.15) is 0 Å². The Bertz CT molecular complexity index is 971. The third-order valence-electron chi connectivity index (χ3n) is 6.37. The average Bonchev–Trinajstić information content (AvgIpc) is 2.62. The van der Waals surface area contributed by atoms with E-state index in [2.05, 4.69) is 11.9 Å². The van der Waals surface area contributed by atoms with Gasteiger partial charge >= 0.3 is 10.4 Å². The van der Waals surface area contributed by atoms with Crippen LogP contribution in [0.25, 0.3) is 0 Å². The van der Waals surface area contributed by atoms with Crippen molar-refractivity contribution in [3.63, 3.8) is 0 Å². The van der Waals surface area contributed by atoms with E-state index in [1.165, 1.54) is 14.2 Å². The average molecular weight is 409 g/mol. The number of likely N-dealkylation sites (tertiary alicyclic amines) is 1. The van der Waals surface area contributed by atoms with Gasteiger partial charge in [0.2, 0.25) is 0 Å². The van der Waals surface area contributed by atoms with E-state index >= 15 is 0 Å². The van der Waals surface area contributed by atoms with Crippen LogP contribution in [0.15, 0.2) is 24.0 Å². The SMILES string of the molecule is COC1=C[C@@H]2[C@@H]3Cc4ccc(OC)c(OS(=O)(=O)O)c4[C@]2(CCN3C)CC1=O. The van der Waals surface area contributed by atoms with Crippen molar-refractivity contribution in [3.8, 4) is 11.5 Å². The molecule has 0 spiro atoms. The summed E-state index contributed by atoms with van der Waals surface area (Å²) in [6.45, 7) is 0.757. The molecular formula is C19H23NO7S. The molecule has 1 heterocycles. The van der Waals surface area contributed by atoms with Gasteiger partial charge in [-0.2, -0.15) is 8.42 Å². The highest BCUT2D eigenvalue weighted by Gasteiger charge is 2.57. The van der Waals surface area contributed by atoms with Gasteiger partial charge < -0.3 is 18.6 Å². The van der Waals surface area contributed by atoms with Crippen molar-refractivity contribution in [3.05, 3.63) is 35.1 Å². The minimum Gasteiger partial charge on any atom is -0.493 e. The molecule has 0 saturated carbocycles. The number of benzene rings is 1. The lowest BCUT2D eigenvalue weighted by atomic mass is 9.53. The van der Waals surface area contributed by atoms with Crippen LogP contribution in [0.5, 0.6) is 11.5 Å². The second-order valence-electron chi connectivity index (χ2n) is 7.66. The molecule has 8 nitrogen and oxygen atoms in total. The quantitative estimate of drug-likeness (QED) is 0.747. The number of rotatable bonds is 4. The first-order chi connectivity index (χ1) is 13.2. The molecule has 2 aliphatic carbocycles. The van der Waals surface area contributed by atoms with Gasteiger partial charge in [-0.05, 0) is 44.1 Å². The van der Waals surface area contributed by atoms with Crippen LogP contribution in [0.1, 0.15) is 24.0 Å². The maximum absolute atomic E-state index is 12.8. The zero-order valence-corrected chi connectivity index (χ0v) is 16.8. The first-order valence-electron chi connectivity index (χ1n) is 9.06. The largest absolute Gasteiger partial charge is 0.493 e. The molecule has 1 aromatic carbocycles. The van der Waals surface area contributed by atoms with Crippen molar-refractivity contribution >= 4 is 16.2 Å².